The third kappa shape index (κ3) is 3.72. The minimum Gasteiger partial charge on any atom is -0.481 e. The topological polar surface area (TPSA) is 104 Å². The number of aliphatic carboxylic acids is 2. The number of carbonyl (C=O) groups is 3. The smallest absolute Gasteiger partial charge is 0.326 e. The minimum atomic E-state index is -1.08. The molecule has 6 nitrogen and oxygen atoms in total. The van der Waals surface area contributed by atoms with Crippen LogP contribution in [0.1, 0.15) is 26.7 Å². The lowest BCUT2D eigenvalue weighted by atomic mass is 10.0. The van der Waals surface area contributed by atoms with Crippen LogP contribution in [0.4, 0.5) is 0 Å². The maximum Gasteiger partial charge on any atom is 0.326 e. The van der Waals surface area contributed by atoms with Gasteiger partial charge in [0.1, 0.15) is 6.04 Å². The fourth-order valence-electron chi connectivity index (χ4n) is 1.73. The second-order valence-electron chi connectivity index (χ2n) is 4.82. The molecule has 0 aromatic heterocycles. The molecule has 1 amide bonds. The molecule has 1 saturated carbocycles. The van der Waals surface area contributed by atoms with Crippen molar-refractivity contribution < 1.29 is 24.6 Å². The van der Waals surface area contributed by atoms with Gasteiger partial charge in [0.25, 0.3) is 0 Å². The largest absolute Gasteiger partial charge is 0.481 e. The highest BCUT2D eigenvalue weighted by Gasteiger charge is 2.48. The second-order valence-corrected chi connectivity index (χ2v) is 4.82. The Morgan fingerprint density at radius 3 is 2.18 bits per heavy atom. The van der Waals surface area contributed by atoms with E-state index in [4.69, 9.17) is 10.2 Å². The standard InChI is InChI=1S/C11H17NO5/c1-5(2)3-8(11(16)17)12-9(13)6-4-7(6)10(14)15/h5-8H,3-4H2,1-2H3,(H,12,13)(H,14,15)(H,16,17). The molecule has 0 saturated heterocycles. The molecule has 0 aromatic rings. The normalized spacial score (nSPS) is 24.2. The average molecular weight is 243 g/mol. The van der Waals surface area contributed by atoms with Gasteiger partial charge in [-0.15, -0.1) is 0 Å². The molecule has 1 aliphatic rings. The summed E-state index contributed by atoms with van der Waals surface area (Å²) in [7, 11) is 0. The summed E-state index contributed by atoms with van der Waals surface area (Å²) in [6, 6.07) is -0.933. The quantitative estimate of drug-likeness (QED) is 0.623. The first-order valence-electron chi connectivity index (χ1n) is 5.59. The van der Waals surface area contributed by atoms with Crippen LogP contribution >= 0.6 is 0 Å². The summed E-state index contributed by atoms with van der Waals surface area (Å²) < 4.78 is 0. The van der Waals surface area contributed by atoms with E-state index in [1.54, 1.807) is 0 Å². The molecule has 0 heterocycles. The van der Waals surface area contributed by atoms with E-state index in [0.717, 1.165) is 0 Å². The van der Waals surface area contributed by atoms with Crippen molar-refractivity contribution in [1.29, 1.82) is 0 Å². The maximum absolute atomic E-state index is 11.6. The molecule has 0 aromatic carbocycles. The van der Waals surface area contributed by atoms with Crippen LogP contribution in [-0.2, 0) is 14.4 Å². The molecule has 96 valence electrons. The van der Waals surface area contributed by atoms with E-state index >= 15 is 0 Å². The summed E-state index contributed by atoms with van der Waals surface area (Å²) in [4.78, 5) is 33.1. The summed E-state index contributed by atoms with van der Waals surface area (Å²) >= 11 is 0. The van der Waals surface area contributed by atoms with Crippen molar-refractivity contribution >= 4 is 17.8 Å². The van der Waals surface area contributed by atoms with Gasteiger partial charge in [-0.3, -0.25) is 9.59 Å². The number of carboxylic acids is 2. The third-order valence-electron chi connectivity index (χ3n) is 2.77. The van der Waals surface area contributed by atoms with Gasteiger partial charge in [0.15, 0.2) is 0 Å². The van der Waals surface area contributed by atoms with E-state index in [2.05, 4.69) is 5.32 Å². The van der Waals surface area contributed by atoms with E-state index in [9.17, 15) is 14.4 Å². The Bertz CT molecular complexity index is 339. The van der Waals surface area contributed by atoms with Crippen LogP contribution in [0.3, 0.4) is 0 Å². The van der Waals surface area contributed by atoms with Crippen molar-refractivity contribution in [2.24, 2.45) is 17.8 Å². The van der Waals surface area contributed by atoms with Gasteiger partial charge in [-0.05, 0) is 18.8 Å². The van der Waals surface area contributed by atoms with Gasteiger partial charge in [-0.25, -0.2) is 4.79 Å². The zero-order valence-electron chi connectivity index (χ0n) is 9.84. The highest BCUT2D eigenvalue weighted by molar-refractivity contribution is 5.91. The summed E-state index contributed by atoms with van der Waals surface area (Å²) in [5.74, 6) is -3.62. The van der Waals surface area contributed by atoms with Gasteiger partial charge >= 0.3 is 11.9 Å². The van der Waals surface area contributed by atoms with Gasteiger partial charge in [0.05, 0.1) is 11.8 Å². The number of hydrogen-bond acceptors (Lipinski definition) is 3. The fraction of sp³-hybridized carbons (Fsp3) is 0.727. The zero-order valence-corrected chi connectivity index (χ0v) is 9.84. The van der Waals surface area contributed by atoms with Crippen LogP contribution in [0.25, 0.3) is 0 Å². The van der Waals surface area contributed by atoms with Gasteiger partial charge in [0, 0.05) is 0 Å². The van der Waals surface area contributed by atoms with Crippen molar-refractivity contribution in [1.82, 2.24) is 5.32 Å². The van der Waals surface area contributed by atoms with Crippen molar-refractivity contribution in [3.8, 4) is 0 Å². The summed E-state index contributed by atoms with van der Waals surface area (Å²) in [6.07, 6.45) is 0.640. The molecule has 0 radical (unpaired) electrons. The monoisotopic (exact) mass is 243 g/mol. The molecule has 3 unspecified atom stereocenters. The molecule has 0 spiro atoms. The molecular formula is C11H17NO5. The number of rotatable bonds is 6. The summed E-state index contributed by atoms with van der Waals surface area (Å²) in [6.45, 7) is 3.72. The molecule has 6 heteroatoms. The molecule has 3 atom stereocenters. The van der Waals surface area contributed by atoms with Crippen LogP contribution in [0.2, 0.25) is 0 Å². The highest BCUT2D eigenvalue weighted by atomic mass is 16.4. The van der Waals surface area contributed by atoms with E-state index in [-0.39, 0.29) is 5.92 Å². The molecule has 0 bridgehead atoms. The Morgan fingerprint density at radius 2 is 1.82 bits per heavy atom. The highest BCUT2D eigenvalue weighted by Crippen LogP contribution is 2.38. The van der Waals surface area contributed by atoms with Gasteiger partial charge in [-0.1, -0.05) is 13.8 Å². The number of carboxylic acid groups (broad SMARTS) is 2. The van der Waals surface area contributed by atoms with E-state index in [1.165, 1.54) is 0 Å². The van der Waals surface area contributed by atoms with Crippen LogP contribution < -0.4 is 5.32 Å². The first-order chi connectivity index (χ1) is 7.82. The summed E-state index contributed by atoms with van der Waals surface area (Å²) in [5.41, 5.74) is 0. The van der Waals surface area contributed by atoms with E-state index < -0.39 is 35.7 Å². The lowest BCUT2D eigenvalue weighted by Gasteiger charge is -2.16. The average Bonchev–Trinajstić information content (AvgIpc) is 2.94. The van der Waals surface area contributed by atoms with Gasteiger partial charge in [0.2, 0.25) is 5.91 Å². The Balaban J connectivity index is 2.48. The fourth-order valence-corrected chi connectivity index (χ4v) is 1.73. The maximum atomic E-state index is 11.6. The zero-order chi connectivity index (χ0) is 13.2. The first-order valence-corrected chi connectivity index (χ1v) is 5.59. The minimum absolute atomic E-state index is 0.144. The molecule has 1 aliphatic carbocycles. The Labute approximate surface area is 99.0 Å². The van der Waals surface area contributed by atoms with Crippen LogP contribution in [0, 0.1) is 17.8 Å². The predicted octanol–water partition coefficient (Wildman–Crippen LogP) is 0.323. The van der Waals surface area contributed by atoms with E-state index in [1.807, 2.05) is 13.8 Å². The number of hydrogen-bond donors (Lipinski definition) is 3. The SMILES string of the molecule is CC(C)CC(NC(=O)C1CC1C(=O)O)C(=O)O. The van der Waals surface area contributed by atoms with Crippen LogP contribution in [0.15, 0.2) is 0 Å². The van der Waals surface area contributed by atoms with Crippen molar-refractivity contribution in [3.63, 3.8) is 0 Å². The van der Waals surface area contributed by atoms with Crippen molar-refractivity contribution in [2.45, 2.75) is 32.7 Å². The molecule has 0 aliphatic heterocycles. The van der Waals surface area contributed by atoms with Crippen molar-refractivity contribution in [2.75, 3.05) is 0 Å². The molecule has 1 fully saturated rings. The first kappa shape index (κ1) is 13.5. The number of carbonyl (C=O) groups excluding carboxylic acids is 1. The predicted molar refractivity (Wildman–Crippen MR) is 58.3 cm³/mol. The lowest BCUT2D eigenvalue weighted by molar-refractivity contribution is -0.143. The summed E-state index contributed by atoms with van der Waals surface area (Å²) in [5, 5.41) is 20.0. The van der Waals surface area contributed by atoms with Crippen molar-refractivity contribution in [3.05, 3.63) is 0 Å². The van der Waals surface area contributed by atoms with Gasteiger partial charge < -0.3 is 15.5 Å². The lowest BCUT2D eigenvalue weighted by Crippen LogP contribution is -2.42. The number of amides is 1. The Hall–Kier alpha value is -1.59. The second kappa shape index (κ2) is 5.16. The number of nitrogens with one attached hydrogen (secondary N) is 1. The molecule has 3 N–H and O–H groups in total. The Kier molecular flexibility index (Phi) is 4.09. The van der Waals surface area contributed by atoms with Crippen LogP contribution in [-0.4, -0.2) is 34.1 Å². The third-order valence-corrected chi connectivity index (χ3v) is 2.77. The Morgan fingerprint density at radius 1 is 1.24 bits per heavy atom. The molecule has 1 rings (SSSR count). The van der Waals surface area contributed by atoms with Crippen LogP contribution in [0.5, 0.6) is 0 Å². The molecular weight excluding hydrogens is 226 g/mol. The molecule has 17 heavy (non-hydrogen) atoms. The van der Waals surface area contributed by atoms with E-state index in [0.29, 0.717) is 12.8 Å². The van der Waals surface area contributed by atoms with Gasteiger partial charge in [-0.2, -0.15) is 0 Å².